The molecule has 0 unspecified atom stereocenters. The van der Waals surface area contributed by atoms with E-state index in [1.807, 2.05) is 14.0 Å². The number of aryl methyl sites for hydroxylation is 3. The second-order valence-corrected chi connectivity index (χ2v) is 5.99. The van der Waals surface area contributed by atoms with Crippen molar-refractivity contribution >= 4 is 15.9 Å². The molecule has 0 aliphatic rings. The molecule has 2 rings (SSSR count). The normalized spacial score (nSPS) is 11.2. The summed E-state index contributed by atoms with van der Waals surface area (Å²) < 4.78 is 8.00. The van der Waals surface area contributed by atoms with Crippen LogP contribution < -0.4 is 4.74 Å². The Labute approximate surface area is 129 Å². The Hall–Kier alpha value is -1.29. The second-order valence-electron chi connectivity index (χ2n) is 5.42. The van der Waals surface area contributed by atoms with Crippen molar-refractivity contribution < 1.29 is 4.74 Å². The maximum absolute atomic E-state index is 6.20. The molecule has 0 N–H and O–H groups in total. The van der Waals surface area contributed by atoms with Crippen molar-refractivity contribution in [2.45, 2.75) is 38.9 Å². The monoisotopic (exact) mass is 336 g/mol. The molecular formula is C16H21BrN2O. The van der Waals surface area contributed by atoms with Crippen LogP contribution >= 0.6 is 15.9 Å². The molecule has 4 heteroatoms. The number of aromatic nitrogens is 2. The molecule has 0 saturated heterocycles. The largest absolute Gasteiger partial charge is 0.439 e. The fourth-order valence-corrected chi connectivity index (χ4v) is 2.92. The van der Waals surface area contributed by atoms with Gasteiger partial charge in [0.05, 0.1) is 5.69 Å². The molecule has 0 bridgehead atoms. The van der Waals surface area contributed by atoms with Gasteiger partial charge in [-0.1, -0.05) is 41.9 Å². The summed E-state index contributed by atoms with van der Waals surface area (Å²) in [5.41, 5.74) is 4.51. The van der Waals surface area contributed by atoms with Crippen LogP contribution in [0.2, 0.25) is 0 Å². The second kappa shape index (κ2) is 6.00. The molecule has 1 aromatic heterocycles. The predicted octanol–water partition coefficient (Wildman–Crippen LogP) is 4.85. The topological polar surface area (TPSA) is 27.1 Å². The quantitative estimate of drug-likeness (QED) is 0.746. The molecule has 1 aromatic carbocycles. The summed E-state index contributed by atoms with van der Waals surface area (Å²) in [6, 6.07) is 6.37. The molecule has 2 aromatic rings. The van der Waals surface area contributed by atoms with E-state index in [0.717, 1.165) is 28.2 Å². The van der Waals surface area contributed by atoms with E-state index in [9.17, 15) is 0 Å². The van der Waals surface area contributed by atoms with Gasteiger partial charge >= 0.3 is 0 Å². The predicted molar refractivity (Wildman–Crippen MR) is 85.9 cm³/mol. The third kappa shape index (κ3) is 2.90. The zero-order chi connectivity index (χ0) is 14.9. The zero-order valence-electron chi connectivity index (χ0n) is 12.7. The molecule has 0 spiro atoms. The standard InChI is InChI=1S/C16H21BrN2O/c1-10(2)13-7-6-11(3)8-15(13)20-16-14(9-17)12(4)18-19(16)5/h6-8,10H,9H2,1-5H3. The van der Waals surface area contributed by atoms with Crippen LogP contribution in [0.5, 0.6) is 11.6 Å². The van der Waals surface area contributed by atoms with Gasteiger partial charge in [-0.15, -0.1) is 0 Å². The summed E-state index contributed by atoms with van der Waals surface area (Å²) in [5, 5.41) is 5.18. The lowest BCUT2D eigenvalue weighted by atomic mass is 10.0. The van der Waals surface area contributed by atoms with Crippen LogP contribution in [0.3, 0.4) is 0 Å². The Balaban J connectivity index is 2.47. The smallest absolute Gasteiger partial charge is 0.221 e. The molecule has 108 valence electrons. The fraction of sp³-hybridized carbons (Fsp3) is 0.438. The lowest BCUT2D eigenvalue weighted by Crippen LogP contribution is -2.00. The molecule has 1 heterocycles. The molecule has 0 fully saturated rings. The molecule has 0 radical (unpaired) electrons. The number of rotatable bonds is 4. The number of alkyl halides is 1. The van der Waals surface area contributed by atoms with Crippen molar-refractivity contribution in [1.82, 2.24) is 9.78 Å². The average Bonchev–Trinajstić information content (AvgIpc) is 2.63. The Morgan fingerprint density at radius 3 is 2.60 bits per heavy atom. The third-order valence-corrected chi connectivity index (χ3v) is 3.98. The molecule has 3 nitrogen and oxygen atoms in total. The Kier molecular flexibility index (Phi) is 4.53. The van der Waals surface area contributed by atoms with Crippen molar-refractivity contribution in [1.29, 1.82) is 0 Å². The minimum atomic E-state index is 0.423. The third-order valence-electron chi connectivity index (χ3n) is 3.42. The van der Waals surface area contributed by atoms with E-state index < -0.39 is 0 Å². The first kappa shape index (κ1) is 15.1. The maximum Gasteiger partial charge on any atom is 0.221 e. The highest BCUT2D eigenvalue weighted by Crippen LogP contribution is 2.34. The fourth-order valence-electron chi connectivity index (χ4n) is 2.27. The van der Waals surface area contributed by atoms with Crippen LogP contribution in [0.1, 0.15) is 42.1 Å². The van der Waals surface area contributed by atoms with Crippen LogP contribution in [0.15, 0.2) is 18.2 Å². The van der Waals surface area contributed by atoms with Gasteiger partial charge in [0.25, 0.3) is 0 Å². The molecular weight excluding hydrogens is 316 g/mol. The molecule has 20 heavy (non-hydrogen) atoms. The molecule has 0 amide bonds. The van der Waals surface area contributed by atoms with E-state index in [2.05, 4.69) is 60.0 Å². The number of halogens is 1. The van der Waals surface area contributed by atoms with Crippen molar-refractivity contribution in [3.63, 3.8) is 0 Å². The summed E-state index contributed by atoms with van der Waals surface area (Å²) >= 11 is 3.51. The Morgan fingerprint density at radius 2 is 2.00 bits per heavy atom. The van der Waals surface area contributed by atoms with Gasteiger partial charge in [-0.05, 0) is 37.0 Å². The molecule has 0 saturated carbocycles. The van der Waals surface area contributed by atoms with Crippen molar-refractivity contribution in [2.24, 2.45) is 7.05 Å². The van der Waals surface area contributed by atoms with E-state index in [-0.39, 0.29) is 0 Å². The average molecular weight is 337 g/mol. The van der Waals surface area contributed by atoms with Crippen molar-refractivity contribution in [3.05, 3.63) is 40.6 Å². The van der Waals surface area contributed by atoms with Gasteiger partial charge in [-0.2, -0.15) is 5.10 Å². The van der Waals surface area contributed by atoms with Gasteiger partial charge < -0.3 is 4.74 Å². The van der Waals surface area contributed by atoms with Gasteiger partial charge in [-0.25, -0.2) is 4.68 Å². The minimum Gasteiger partial charge on any atom is -0.439 e. The van der Waals surface area contributed by atoms with E-state index in [0.29, 0.717) is 5.92 Å². The Bertz CT molecular complexity index is 617. The summed E-state index contributed by atoms with van der Waals surface area (Å²) in [7, 11) is 1.92. The van der Waals surface area contributed by atoms with E-state index in [1.165, 1.54) is 11.1 Å². The van der Waals surface area contributed by atoms with Crippen LogP contribution in [-0.4, -0.2) is 9.78 Å². The van der Waals surface area contributed by atoms with Gasteiger partial charge in [0, 0.05) is 17.9 Å². The maximum atomic E-state index is 6.20. The Morgan fingerprint density at radius 1 is 1.30 bits per heavy atom. The molecule has 0 atom stereocenters. The van der Waals surface area contributed by atoms with Crippen molar-refractivity contribution in [3.8, 4) is 11.6 Å². The highest BCUT2D eigenvalue weighted by atomic mass is 79.9. The lowest BCUT2D eigenvalue weighted by Gasteiger charge is -2.15. The summed E-state index contributed by atoms with van der Waals surface area (Å²) in [4.78, 5) is 0. The lowest BCUT2D eigenvalue weighted by molar-refractivity contribution is 0.420. The van der Waals surface area contributed by atoms with Gasteiger partial charge in [0.2, 0.25) is 5.88 Å². The zero-order valence-corrected chi connectivity index (χ0v) is 14.3. The summed E-state index contributed by atoms with van der Waals surface area (Å²) in [5.74, 6) is 2.16. The first-order chi connectivity index (χ1) is 9.43. The first-order valence-corrected chi connectivity index (χ1v) is 7.93. The number of ether oxygens (including phenoxy) is 1. The number of hydrogen-bond acceptors (Lipinski definition) is 2. The van der Waals surface area contributed by atoms with E-state index in [4.69, 9.17) is 4.74 Å². The van der Waals surface area contributed by atoms with Gasteiger partial charge in [0.15, 0.2) is 0 Å². The van der Waals surface area contributed by atoms with Gasteiger partial charge in [0.1, 0.15) is 5.75 Å². The summed E-state index contributed by atoms with van der Waals surface area (Å²) in [6.45, 7) is 8.44. The van der Waals surface area contributed by atoms with Crippen LogP contribution in [0, 0.1) is 13.8 Å². The number of hydrogen-bond donors (Lipinski definition) is 0. The van der Waals surface area contributed by atoms with E-state index in [1.54, 1.807) is 4.68 Å². The van der Waals surface area contributed by atoms with Crippen LogP contribution in [-0.2, 0) is 12.4 Å². The number of nitrogens with zero attached hydrogens (tertiary/aromatic N) is 2. The van der Waals surface area contributed by atoms with Crippen LogP contribution in [0.25, 0.3) is 0 Å². The van der Waals surface area contributed by atoms with Gasteiger partial charge in [-0.3, -0.25) is 0 Å². The molecule has 0 aliphatic carbocycles. The molecule has 0 aliphatic heterocycles. The SMILES string of the molecule is Cc1ccc(C(C)C)c(Oc2c(CBr)c(C)nn2C)c1. The highest BCUT2D eigenvalue weighted by Gasteiger charge is 2.17. The van der Waals surface area contributed by atoms with E-state index >= 15 is 0 Å². The minimum absolute atomic E-state index is 0.423. The highest BCUT2D eigenvalue weighted by molar-refractivity contribution is 9.08. The van der Waals surface area contributed by atoms with Crippen molar-refractivity contribution in [2.75, 3.05) is 0 Å². The van der Waals surface area contributed by atoms with Crippen LogP contribution in [0.4, 0.5) is 0 Å². The number of benzene rings is 1. The summed E-state index contributed by atoms with van der Waals surface area (Å²) in [6.07, 6.45) is 0. The first-order valence-electron chi connectivity index (χ1n) is 6.80.